The summed E-state index contributed by atoms with van der Waals surface area (Å²) in [6.07, 6.45) is 5.14. The molecule has 0 bridgehead atoms. The number of carbonyl (C=O) groups excluding carboxylic acids is 1. The van der Waals surface area contributed by atoms with E-state index >= 15 is 0 Å². The number of aromatic nitrogens is 3. The predicted octanol–water partition coefficient (Wildman–Crippen LogP) is 3.88. The molecular weight excluding hydrogens is 486 g/mol. The molecule has 194 valence electrons. The number of hydrogen-bond donors (Lipinski definition) is 2. The molecular formula is C28H27N5O5. The van der Waals surface area contributed by atoms with Crippen LogP contribution >= 0.6 is 0 Å². The van der Waals surface area contributed by atoms with Gasteiger partial charge in [0.05, 0.1) is 18.3 Å². The average molecular weight is 514 g/mol. The second-order valence-corrected chi connectivity index (χ2v) is 8.95. The van der Waals surface area contributed by atoms with E-state index in [4.69, 9.17) is 18.9 Å². The number of ether oxygens (including phenoxy) is 4. The van der Waals surface area contributed by atoms with E-state index in [1.807, 2.05) is 66.3 Å². The summed E-state index contributed by atoms with van der Waals surface area (Å²) in [4.78, 5) is 18.0. The van der Waals surface area contributed by atoms with Crippen molar-refractivity contribution in [3.05, 3.63) is 78.2 Å². The maximum absolute atomic E-state index is 13.4. The summed E-state index contributed by atoms with van der Waals surface area (Å²) in [6, 6.07) is 15.1. The van der Waals surface area contributed by atoms with Crippen LogP contribution in [0.2, 0.25) is 0 Å². The molecule has 0 radical (unpaired) electrons. The summed E-state index contributed by atoms with van der Waals surface area (Å²) in [5, 5.41) is 10.6. The lowest BCUT2D eigenvalue weighted by Crippen LogP contribution is -2.41. The number of amides is 1. The van der Waals surface area contributed by atoms with Crippen LogP contribution in [0.25, 0.3) is 11.1 Å². The van der Waals surface area contributed by atoms with Crippen molar-refractivity contribution >= 4 is 11.7 Å². The molecule has 0 saturated heterocycles. The Bertz CT molecular complexity index is 1470. The Kier molecular flexibility index (Phi) is 6.43. The fraction of sp³-hybridized carbons (Fsp3) is 0.250. The highest BCUT2D eigenvalue weighted by Crippen LogP contribution is 2.33. The Labute approximate surface area is 219 Å². The molecule has 4 aromatic rings. The first kappa shape index (κ1) is 23.7. The molecule has 0 fully saturated rings. The van der Waals surface area contributed by atoms with Gasteiger partial charge in [-0.25, -0.2) is 4.98 Å². The molecule has 1 atom stereocenters. The summed E-state index contributed by atoms with van der Waals surface area (Å²) in [5.74, 6) is 3.00. The molecule has 0 saturated carbocycles. The van der Waals surface area contributed by atoms with Crippen molar-refractivity contribution < 1.29 is 23.7 Å². The van der Waals surface area contributed by atoms with Gasteiger partial charge < -0.3 is 29.6 Å². The largest absolute Gasteiger partial charge is 0.486 e. The molecule has 2 aromatic heterocycles. The number of carbonyl (C=O) groups is 1. The highest BCUT2D eigenvalue weighted by Gasteiger charge is 2.23. The molecule has 2 N–H and O–H groups in total. The first-order valence-electron chi connectivity index (χ1n) is 12.5. The predicted molar refractivity (Wildman–Crippen MR) is 140 cm³/mol. The molecule has 2 aliphatic heterocycles. The Balaban J connectivity index is 1.20. The standard InChI is InChI=1S/C28H27N5O5/c1-2-33-15-20(13-32-33)19-10-22(28(34)31-14-21-16-35-23-5-3-4-6-25(23)38-21)27(30-12-19)29-11-18-7-8-24-26(9-18)37-17-36-24/h3-10,12-13,15,21H,2,11,14,16-17H2,1H3,(H,29,30)(H,31,34)/t21-/m1/s1. The van der Waals surface area contributed by atoms with Crippen molar-refractivity contribution in [2.24, 2.45) is 0 Å². The van der Waals surface area contributed by atoms with Crippen LogP contribution in [0.1, 0.15) is 22.8 Å². The Morgan fingerprint density at radius 2 is 1.84 bits per heavy atom. The molecule has 6 rings (SSSR count). The number of anilines is 1. The summed E-state index contributed by atoms with van der Waals surface area (Å²) >= 11 is 0. The third-order valence-electron chi connectivity index (χ3n) is 6.38. The van der Waals surface area contributed by atoms with E-state index in [2.05, 4.69) is 20.7 Å². The second-order valence-electron chi connectivity index (χ2n) is 8.95. The zero-order valence-electron chi connectivity index (χ0n) is 20.8. The lowest BCUT2D eigenvalue weighted by Gasteiger charge is -2.26. The SMILES string of the molecule is CCn1cc(-c2cnc(NCc3ccc4c(c3)OCO4)c(C(=O)NC[C@@H]3COc4ccccc4O3)c2)cn1. The fourth-order valence-corrected chi connectivity index (χ4v) is 4.32. The van der Waals surface area contributed by atoms with Crippen LogP contribution in [-0.4, -0.2) is 46.7 Å². The van der Waals surface area contributed by atoms with Crippen LogP contribution in [-0.2, 0) is 13.1 Å². The highest BCUT2D eigenvalue weighted by atomic mass is 16.7. The normalized spacial score (nSPS) is 15.2. The van der Waals surface area contributed by atoms with Gasteiger partial charge in [0.2, 0.25) is 6.79 Å². The molecule has 1 amide bonds. The molecule has 2 aromatic carbocycles. The molecule has 10 nitrogen and oxygen atoms in total. The third kappa shape index (κ3) is 4.93. The molecule has 0 aliphatic carbocycles. The van der Waals surface area contributed by atoms with Crippen LogP contribution in [0.5, 0.6) is 23.0 Å². The Morgan fingerprint density at radius 3 is 2.71 bits per heavy atom. The lowest BCUT2D eigenvalue weighted by molar-refractivity contribution is 0.0789. The van der Waals surface area contributed by atoms with Crippen LogP contribution in [0, 0.1) is 0 Å². The molecule has 2 aliphatic rings. The van der Waals surface area contributed by atoms with Gasteiger partial charge in [-0.2, -0.15) is 5.10 Å². The van der Waals surface area contributed by atoms with E-state index in [1.165, 1.54) is 0 Å². The van der Waals surface area contributed by atoms with Gasteiger partial charge in [0.1, 0.15) is 18.5 Å². The van der Waals surface area contributed by atoms with E-state index in [0.29, 0.717) is 41.8 Å². The van der Waals surface area contributed by atoms with Crippen molar-refractivity contribution in [1.82, 2.24) is 20.1 Å². The van der Waals surface area contributed by atoms with E-state index < -0.39 is 0 Å². The van der Waals surface area contributed by atoms with Gasteiger partial charge >= 0.3 is 0 Å². The number of aryl methyl sites for hydroxylation is 1. The Hall–Kier alpha value is -4.73. The van der Waals surface area contributed by atoms with Crippen LogP contribution in [0.15, 0.2) is 67.1 Å². The van der Waals surface area contributed by atoms with Crippen molar-refractivity contribution in [3.8, 4) is 34.1 Å². The fourth-order valence-electron chi connectivity index (χ4n) is 4.32. The van der Waals surface area contributed by atoms with Crippen molar-refractivity contribution in [1.29, 1.82) is 0 Å². The number of fused-ring (bicyclic) bond motifs is 2. The van der Waals surface area contributed by atoms with Crippen molar-refractivity contribution in [2.75, 3.05) is 25.3 Å². The van der Waals surface area contributed by atoms with E-state index in [9.17, 15) is 4.79 Å². The third-order valence-corrected chi connectivity index (χ3v) is 6.38. The molecule has 0 spiro atoms. The number of hydrogen-bond acceptors (Lipinski definition) is 8. The number of pyridine rings is 1. The van der Waals surface area contributed by atoms with Gasteiger partial charge in [0.25, 0.3) is 5.91 Å². The first-order chi connectivity index (χ1) is 18.7. The minimum Gasteiger partial charge on any atom is -0.486 e. The smallest absolute Gasteiger partial charge is 0.255 e. The second kappa shape index (κ2) is 10.3. The summed E-state index contributed by atoms with van der Waals surface area (Å²) in [5.41, 5.74) is 3.08. The average Bonchev–Trinajstić information content (AvgIpc) is 3.64. The lowest BCUT2D eigenvalue weighted by atomic mass is 10.1. The van der Waals surface area contributed by atoms with E-state index in [1.54, 1.807) is 12.4 Å². The van der Waals surface area contributed by atoms with Crippen molar-refractivity contribution in [2.45, 2.75) is 26.1 Å². The van der Waals surface area contributed by atoms with E-state index in [0.717, 1.165) is 29.0 Å². The maximum Gasteiger partial charge on any atom is 0.255 e. The van der Waals surface area contributed by atoms with Crippen LogP contribution in [0.3, 0.4) is 0 Å². The van der Waals surface area contributed by atoms with Gasteiger partial charge in [-0.05, 0) is 42.8 Å². The highest BCUT2D eigenvalue weighted by molar-refractivity contribution is 5.99. The topological polar surface area (TPSA) is 109 Å². The molecule has 4 heterocycles. The minimum absolute atomic E-state index is 0.218. The maximum atomic E-state index is 13.4. The van der Waals surface area contributed by atoms with Gasteiger partial charge in [0, 0.05) is 36.6 Å². The van der Waals surface area contributed by atoms with Crippen molar-refractivity contribution in [3.63, 3.8) is 0 Å². The molecule has 38 heavy (non-hydrogen) atoms. The minimum atomic E-state index is -0.308. The molecule has 0 unspecified atom stereocenters. The Morgan fingerprint density at radius 1 is 1.00 bits per heavy atom. The zero-order chi connectivity index (χ0) is 25.9. The quantitative estimate of drug-likeness (QED) is 0.366. The van der Waals surface area contributed by atoms with Gasteiger partial charge in [-0.1, -0.05) is 18.2 Å². The summed E-state index contributed by atoms with van der Waals surface area (Å²) in [7, 11) is 0. The van der Waals surface area contributed by atoms with Gasteiger partial charge in [-0.15, -0.1) is 0 Å². The van der Waals surface area contributed by atoms with Crippen LogP contribution < -0.4 is 29.6 Å². The monoisotopic (exact) mass is 513 g/mol. The summed E-state index contributed by atoms with van der Waals surface area (Å²) < 4.78 is 24.5. The number of rotatable bonds is 8. The van der Waals surface area contributed by atoms with Crippen LogP contribution in [0.4, 0.5) is 5.82 Å². The number of benzene rings is 2. The molecule has 10 heteroatoms. The van der Waals surface area contributed by atoms with Gasteiger partial charge in [0.15, 0.2) is 23.0 Å². The summed E-state index contributed by atoms with van der Waals surface area (Å²) in [6.45, 7) is 4.08. The zero-order valence-corrected chi connectivity index (χ0v) is 20.8. The first-order valence-corrected chi connectivity index (χ1v) is 12.5. The van der Waals surface area contributed by atoms with Gasteiger partial charge in [-0.3, -0.25) is 9.48 Å². The number of para-hydroxylation sites is 2. The van der Waals surface area contributed by atoms with E-state index in [-0.39, 0.29) is 25.3 Å². The number of nitrogens with zero attached hydrogens (tertiary/aromatic N) is 3. The number of nitrogens with one attached hydrogen (secondary N) is 2.